The van der Waals surface area contributed by atoms with Gasteiger partial charge in [-0.25, -0.2) is 0 Å². The standard InChI is InChI=1S/C11H15NO3/c1-14-11(15-2)7-6-10(13)9-5-3-4-8-12-9/h3-5,8,11H,6-7H2,1-2H3. The highest BCUT2D eigenvalue weighted by Gasteiger charge is 2.11. The van der Waals surface area contributed by atoms with Gasteiger partial charge in [0.1, 0.15) is 5.69 Å². The van der Waals surface area contributed by atoms with E-state index >= 15 is 0 Å². The number of Topliss-reactive ketones (excluding diaryl/α,β-unsaturated/α-hetero) is 1. The van der Waals surface area contributed by atoms with Crippen molar-refractivity contribution in [3.8, 4) is 0 Å². The zero-order chi connectivity index (χ0) is 11.1. The Morgan fingerprint density at radius 1 is 1.40 bits per heavy atom. The number of nitrogens with zero attached hydrogens (tertiary/aromatic N) is 1. The second kappa shape index (κ2) is 6.27. The number of carbonyl (C=O) groups is 1. The van der Waals surface area contributed by atoms with E-state index in [1.54, 1.807) is 38.6 Å². The maximum absolute atomic E-state index is 11.6. The highest BCUT2D eigenvalue weighted by molar-refractivity contribution is 5.94. The molecular formula is C11H15NO3. The van der Waals surface area contributed by atoms with Crippen LogP contribution >= 0.6 is 0 Å². The molecule has 0 atom stereocenters. The topological polar surface area (TPSA) is 48.4 Å². The lowest BCUT2D eigenvalue weighted by Gasteiger charge is -2.11. The minimum Gasteiger partial charge on any atom is -0.356 e. The van der Waals surface area contributed by atoms with E-state index in [0.29, 0.717) is 18.5 Å². The van der Waals surface area contributed by atoms with Crippen LogP contribution in [0.1, 0.15) is 23.3 Å². The van der Waals surface area contributed by atoms with Gasteiger partial charge in [-0.05, 0) is 12.1 Å². The van der Waals surface area contributed by atoms with Crippen LogP contribution in [0.15, 0.2) is 24.4 Å². The summed E-state index contributed by atoms with van der Waals surface area (Å²) in [5, 5.41) is 0. The van der Waals surface area contributed by atoms with Gasteiger partial charge in [0.15, 0.2) is 12.1 Å². The number of pyridine rings is 1. The number of carbonyl (C=O) groups excluding carboxylic acids is 1. The van der Waals surface area contributed by atoms with Crippen molar-refractivity contribution >= 4 is 5.78 Å². The first-order valence-corrected chi connectivity index (χ1v) is 4.77. The summed E-state index contributed by atoms with van der Waals surface area (Å²) in [6.07, 6.45) is 2.21. The van der Waals surface area contributed by atoms with Crippen LogP contribution in [0, 0.1) is 0 Å². The molecule has 0 aliphatic carbocycles. The predicted octanol–water partition coefficient (Wildman–Crippen LogP) is 1.66. The molecule has 15 heavy (non-hydrogen) atoms. The van der Waals surface area contributed by atoms with Crippen LogP contribution in [0.4, 0.5) is 0 Å². The molecule has 1 rings (SSSR count). The molecule has 0 radical (unpaired) electrons. The van der Waals surface area contributed by atoms with Crippen molar-refractivity contribution < 1.29 is 14.3 Å². The summed E-state index contributed by atoms with van der Waals surface area (Å²) < 4.78 is 9.98. The van der Waals surface area contributed by atoms with Crippen LogP contribution in [0.5, 0.6) is 0 Å². The quantitative estimate of drug-likeness (QED) is 0.528. The molecule has 1 aromatic heterocycles. The van der Waals surface area contributed by atoms with E-state index in [2.05, 4.69) is 4.98 Å². The van der Waals surface area contributed by atoms with Gasteiger partial charge in [-0.1, -0.05) is 6.07 Å². The molecule has 4 nitrogen and oxygen atoms in total. The average molecular weight is 209 g/mol. The minimum absolute atomic E-state index is 0.00898. The Morgan fingerprint density at radius 2 is 2.13 bits per heavy atom. The zero-order valence-electron chi connectivity index (χ0n) is 8.97. The van der Waals surface area contributed by atoms with Crippen molar-refractivity contribution in [3.63, 3.8) is 0 Å². The second-order valence-corrected chi connectivity index (χ2v) is 3.08. The summed E-state index contributed by atoms with van der Waals surface area (Å²) in [5.41, 5.74) is 0.489. The average Bonchev–Trinajstić information content (AvgIpc) is 2.31. The number of ether oxygens (including phenoxy) is 2. The number of rotatable bonds is 6. The van der Waals surface area contributed by atoms with Crippen LogP contribution in [-0.4, -0.2) is 31.3 Å². The Labute approximate surface area is 89.2 Å². The Bertz CT molecular complexity index is 296. The molecule has 0 aliphatic rings. The fraction of sp³-hybridized carbons (Fsp3) is 0.455. The molecule has 0 aliphatic heterocycles. The van der Waals surface area contributed by atoms with Gasteiger partial charge < -0.3 is 9.47 Å². The lowest BCUT2D eigenvalue weighted by Crippen LogP contribution is -2.15. The summed E-state index contributed by atoms with van der Waals surface area (Å²) in [6.45, 7) is 0. The molecule has 0 unspecified atom stereocenters. The van der Waals surface area contributed by atoms with Crippen LogP contribution in [0.3, 0.4) is 0 Å². The van der Waals surface area contributed by atoms with Crippen LogP contribution < -0.4 is 0 Å². The Kier molecular flexibility index (Phi) is 4.93. The molecule has 4 heteroatoms. The summed E-state index contributed by atoms with van der Waals surface area (Å²) in [4.78, 5) is 15.6. The molecular weight excluding hydrogens is 194 g/mol. The molecule has 0 saturated carbocycles. The summed E-state index contributed by atoms with van der Waals surface area (Å²) >= 11 is 0. The maximum Gasteiger partial charge on any atom is 0.181 e. The molecule has 1 heterocycles. The third-order valence-electron chi connectivity index (χ3n) is 2.08. The molecule has 0 bridgehead atoms. The third kappa shape index (κ3) is 3.77. The second-order valence-electron chi connectivity index (χ2n) is 3.08. The predicted molar refractivity (Wildman–Crippen MR) is 55.6 cm³/mol. The van der Waals surface area contributed by atoms with Crippen molar-refractivity contribution in [2.45, 2.75) is 19.1 Å². The van der Waals surface area contributed by atoms with E-state index in [1.165, 1.54) is 0 Å². The number of aromatic nitrogens is 1. The summed E-state index contributed by atoms with van der Waals surface area (Å²) in [6, 6.07) is 5.28. The molecule has 0 fully saturated rings. The SMILES string of the molecule is COC(CCC(=O)c1ccccn1)OC. The fourth-order valence-electron chi connectivity index (χ4n) is 1.24. The number of hydrogen-bond donors (Lipinski definition) is 0. The largest absolute Gasteiger partial charge is 0.356 e. The molecule has 0 saturated heterocycles. The summed E-state index contributed by atoms with van der Waals surface area (Å²) in [7, 11) is 3.11. The van der Waals surface area contributed by atoms with E-state index in [1.807, 2.05) is 0 Å². The zero-order valence-corrected chi connectivity index (χ0v) is 8.97. The molecule has 0 aromatic carbocycles. The normalized spacial score (nSPS) is 10.6. The van der Waals surface area contributed by atoms with Crippen molar-refractivity contribution in [2.75, 3.05) is 14.2 Å². The third-order valence-corrected chi connectivity index (χ3v) is 2.08. The lowest BCUT2D eigenvalue weighted by atomic mass is 10.1. The van der Waals surface area contributed by atoms with Gasteiger partial charge in [0.2, 0.25) is 0 Å². The molecule has 0 N–H and O–H groups in total. The van der Waals surface area contributed by atoms with Gasteiger partial charge >= 0.3 is 0 Å². The van der Waals surface area contributed by atoms with Crippen molar-refractivity contribution in [1.29, 1.82) is 0 Å². The van der Waals surface area contributed by atoms with Gasteiger partial charge in [0, 0.05) is 33.3 Å². The first kappa shape index (κ1) is 11.8. The first-order chi connectivity index (χ1) is 7.27. The fourth-order valence-corrected chi connectivity index (χ4v) is 1.24. The molecule has 82 valence electrons. The van der Waals surface area contributed by atoms with Gasteiger partial charge in [0.25, 0.3) is 0 Å². The first-order valence-electron chi connectivity index (χ1n) is 4.77. The van der Waals surface area contributed by atoms with Gasteiger partial charge in [-0.15, -0.1) is 0 Å². The minimum atomic E-state index is -0.322. The number of methoxy groups -OCH3 is 2. The van der Waals surface area contributed by atoms with E-state index < -0.39 is 0 Å². The van der Waals surface area contributed by atoms with E-state index in [4.69, 9.17) is 9.47 Å². The Balaban J connectivity index is 2.43. The Morgan fingerprint density at radius 3 is 2.67 bits per heavy atom. The highest BCUT2D eigenvalue weighted by atomic mass is 16.7. The molecule has 0 spiro atoms. The van der Waals surface area contributed by atoms with Crippen molar-refractivity contribution in [3.05, 3.63) is 30.1 Å². The van der Waals surface area contributed by atoms with E-state index in [0.717, 1.165) is 0 Å². The van der Waals surface area contributed by atoms with Gasteiger partial charge in [-0.2, -0.15) is 0 Å². The van der Waals surface area contributed by atoms with Crippen LogP contribution in [0.25, 0.3) is 0 Å². The Hall–Kier alpha value is -1.26. The van der Waals surface area contributed by atoms with Crippen LogP contribution in [0.2, 0.25) is 0 Å². The van der Waals surface area contributed by atoms with Crippen LogP contribution in [-0.2, 0) is 9.47 Å². The van der Waals surface area contributed by atoms with Crippen molar-refractivity contribution in [2.24, 2.45) is 0 Å². The monoisotopic (exact) mass is 209 g/mol. The lowest BCUT2D eigenvalue weighted by molar-refractivity contribution is -0.105. The number of ketones is 1. The molecule has 1 aromatic rings. The maximum atomic E-state index is 11.6. The summed E-state index contributed by atoms with van der Waals surface area (Å²) in [5.74, 6) is 0.00898. The highest BCUT2D eigenvalue weighted by Crippen LogP contribution is 2.06. The molecule has 0 amide bonds. The van der Waals surface area contributed by atoms with Gasteiger partial charge in [-0.3, -0.25) is 9.78 Å². The smallest absolute Gasteiger partial charge is 0.181 e. The van der Waals surface area contributed by atoms with Gasteiger partial charge in [0.05, 0.1) is 0 Å². The van der Waals surface area contributed by atoms with Crippen molar-refractivity contribution in [1.82, 2.24) is 4.98 Å². The van der Waals surface area contributed by atoms with E-state index in [-0.39, 0.29) is 12.1 Å². The van der Waals surface area contributed by atoms with E-state index in [9.17, 15) is 4.79 Å². The number of hydrogen-bond acceptors (Lipinski definition) is 4.